The van der Waals surface area contributed by atoms with Gasteiger partial charge in [-0.15, -0.1) is 0 Å². The van der Waals surface area contributed by atoms with E-state index in [1.54, 1.807) is 0 Å². The predicted molar refractivity (Wildman–Crippen MR) is 94.0 cm³/mol. The zero-order valence-corrected chi connectivity index (χ0v) is 15.3. The molecule has 0 bridgehead atoms. The van der Waals surface area contributed by atoms with Crippen molar-refractivity contribution in [3.05, 3.63) is 41.5 Å². The van der Waals surface area contributed by atoms with Crippen molar-refractivity contribution >= 4 is 29.8 Å². The smallest absolute Gasteiger partial charge is 0.416 e. The van der Waals surface area contributed by atoms with Crippen LogP contribution in [0.5, 0.6) is 0 Å². The molecular weight excluding hydrogens is 395 g/mol. The molecule has 8 nitrogen and oxygen atoms in total. The molecule has 1 heterocycles. The van der Waals surface area contributed by atoms with E-state index in [9.17, 15) is 32.3 Å². The van der Waals surface area contributed by atoms with Crippen LogP contribution in [0, 0.1) is 0 Å². The Morgan fingerprint density at radius 3 is 2.52 bits per heavy atom. The van der Waals surface area contributed by atoms with E-state index in [4.69, 9.17) is 0 Å². The SMILES string of the molecule is COC(=O)[C@H]1CN(C(=O)CNC(=O)/C=C/c2ccc(C(F)(F)F)cc2)CC(=O)N1. The minimum absolute atomic E-state index is 0.0888. The van der Waals surface area contributed by atoms with E-state index in [1.165, 1.54) is 18.2 Å². The minimum atomic E-state index is -4.45. The van der Waals surface area contributed by atoms with Crippen LogP contribution < -0.4 is 10.6 Å². The molecule has 1 aliphatic rings. The van der Waals surface area contributed by atoms with E-state index in [0.717, 1.165) is 30.2 Å². The Hall–Kier alpha value is -3.37. The van der Waals surface area contributed by atoms with Crippen LogP contribution in [0.1, 0.15) is 11.1 Å². The summed E-state index contributed by atoms with van der Waals surface area (Å²) in [6.45, 7) is -0.768. The van der Waals surface area contributed by atoms with Crippen molar-refractivity contribution in [1.82, 2.24) is 15.5 Å². The van der Waals surface area contributed by atoms with Crippen LogP contribution in [-0.4, -0.2) is 61.4 Å². The van der Waals surface area contributed by atoms with E-state index >= 15 is 0 Å². The van der Waals surface area contributed by atoms with Gasteiger partial charge in [-0.05, 0) is 23.8 Å². The Balaban J connectivity index is 1.86. The van der Waals surface area contributed by atoms with Crippen LogP contribution in [0.25, 0.3) is 6.08 Å². The van der Waals surface area contributed by atoms with Crippen molar-refractivity contribution in [2.45, 2.75) is 12.2 Å². The van der Waals surface area contributed by atoms with Gasteiger partial charge in [0.25, 0.3) is 0 Å². The summed E-state index contributed by atoms with van der Waals surface area (Å²) in [6.07, 6.45) is -2.09. The molecule has 3 amide bonds. The van der Waals surface area contributed by atoms with Crippen LogP contribution in [0.4, 0.5) is 13.2 Å². The Morgan fingerprint density at radius 2 is 1.93 bits per heavy atom. The number of carbonyl (C=O) groups excluding carboxylic acids is 4. The van der Waals surface area contributed by atoms with E-state index in [0.29, 0.717) is 5.56 Å². The summed E-state index contributed by atoms with van der Waals surface area (Å²) < 4.78 is 42.1. The molecule has 0 spiro atoms. The summed E-state index contributed by atoms with van der Waals surface area (Å²) in [4.78, 5) is 48.2. The van der Waals surface area contributed by atoms with Crippen molar-refractivity contribution < 1.29 is 37.1 Å². The first-order valence-electron chi connectivity index (χ1n) is 8.38. The zero-order chi connectivity index (χ0) is 21.6. The molecule has 1 atom stereocenters. The highest BCUT2D eigenvalue weighted by atomic mass is 19.4. The van der Waals surface area contributed by atoms with Crippen molar-refractivity contribution in [1.29, 1.82) is 0 Å². The molecule has 1 saturated heterocycles. The normalized spacial score (nSPS) is 17.0. The Kier molecular flexibility index (Phi) is 6.97. The number of methoxy groups -OCH3 is 1. The van der Waals surface area contributed by atoms with Gasteiger partial charge in [-0.25, -0.2) is 4.79 Å². The fourth-order valence-electron chi connectivity index (χ4n) is 2.50. The third-order valence-electron chi connectivity index (χ3n) is 3.99. The molecule has 2 N–H and O–H groups in total. The first-order chi connectivity index (χ1) is 13.6. The number of hydrogen-bond donors (Lipinski definition) is 2. The summed E-state index contributed by atoms with van der Waals surface area (Å²) in [5.74, 6) is -2.46. The lowest BCUT2D eigenvalue weighted by Crippen LogP contribution is -2.59. The Morgan fingerprint density at radius 1 is 1.28 bits per heavy atom. The Labute approximate surface area is 163 Å². The summed E-state index contributed by atoms with van der Waals surface area (Å²) in [6, 6.07) is 3.20. The maximum absolute atomic E-state index is 12.5. The summed E-state index contributed by atoms with van der Waals surface area (Å²) in [5.41, 5.74) is -0.436. The van der Waals surface area contributed by atoms with Gasteiger partial charge < -0.3 is 20.3 Å². The molecule has 156 valence electrons. The molecule has 1 aromatic carbocycles. The lowest BCUT2D eigenvalue weighted by molar-refractivity contribution is -0.150. The summed E-state index contributed by atoms with van der Waals surface area (Å²) in [7, 11) is 1.15. The minimum Gasteiger partial charge on any atom is -0.467 e. The summed E-state index contributed by atoms with van der Waals surface area (Å²) in [5, 5.41) is 4.71. The number of halogens is 3. The highest BCUT2D eigenvalue weighted by Gasteiger charge is 2.32. The second-order valence-corrected chi connectivity index (χ2v) is 6.09. The molecule has 2 rings (SSSR count). The van der Waals surface area contributed by atoms with Crippen LogP contribution in [0.3, 0.4) is 0 Å². The van der Waals surface area contributed by atoms with E-state index in [-0.39, 0.29) is 13.1 Å². The van der Waals surface area contributed by atoms with Crippen molar-refractivity contribution in [2.75, 3.05) is 26.7 Å². The van der Waals surface area contributed by atoms with Crippen molar-refractivity contribution in [2.24, 2.45) is 0 Å². The highest BCUT2D eigenvalue weighted by molar-refractivity contribution is 5.96. The van der Waals surface area contributed by atoms with Gasteiger partial charge in [0, 0.05) is 6.08 Å². The molecule has 0 unspecified atom stereocenters. The van der Waals surface area contributed by atoms with E-state index in [1.807, 2.05) is 0 Å². The fraction of sp³-hybridized carbons (Fsp3) is 0.333. The van der Waals surface area contributed by atoms with Crippen molar-refractivity contribution in [3.63, 3.8) is 0 Å². The number of esters is 1. The van der Waals surface area contributed by atoms with E-state index < -0.39 is 48.0 Å². The largest absolute Gasteiger partial charge is 0.467 e. The number of amides is 3. The number of rotatable bonds is 5. The number of ether oxygens (including phenoxy) is 1. The highest BCUT2D eigenvalue weighted by Crippen LogP contribution is 2.29. The van der Waals surface area contributed by atoms with Crippen molar-refractivity contribution in [3.8, 4) is 0 Å². The number of piperazine rings is 1. The van der Waals surface area contributed by atoms with Gasteiger partial charge >= 0.3 is 12.1 Å². The molecule has 29 heavy (non-hydrogen) atoms. The summed E-state index contributed by atoms with van der Waals surface area (Å²) >= 11 is 0. The number of hydrogen-bond acceptors (Lipinski definition) is 5. The number of alkyl halides is 3. The monoisotopic (exact) mass is 413 g/mol. The van der Waals surface area contributed by atoms with Crippen LogP contribution in [0.2, 0.25) is 0 Å². The number of carbonyl (C=O) groups is 4. The maximum atomic E-state index is 12.5. The topological polar surface area (TPSA) is 105 Å². The van der Waals surface area contributed by atoms with Crippen LogP contribution >= 0.6 is 0 Å². The van der Waals surface area contributed by atoms with Gasteiger partial charge in [-0.2, -0.15) is 13.2 Å². The standard InChI is InChI=1S/C18H18F3N3O5/c1-29-17(28)13-9-24(10-15(26)23-13)16(27)8-22-14(25)7-4-11-2-5-12(6-3-11)18(19,20)21/h2-7,13H,8-10H2,1H3,(H,22,25)(H,23,26)/b7-4+/t13-/m1/s1. The third kappa shape index (κ3) is 6.33. The molecule has 11 heteroatoms. The molecule has 1 aliphatic heterocycles. The fourth-order valence-corrected chi connectivity index (χ4v) is 2.50. The lowest BCUT2D eigenvalue weighted by atomic mass is 10.1. The lowest BCUT2D eigenvalue weighted by Gasteiger charge is -2.31. The van der Waals surface area contributed by atoms with Gasteiger partial charge in [0.15, 0.2) is 0 Å². The molecule has 0 aliphatic carbocycles. The maximum Gasteiger partial charge on any atom is 0.416 e. The Bertz CT molecular complexity index is 821. The first kappa shape index (κ1) is 21.9. The molecule has 0 radical (unpaired) electrons. The second kappa shape index (κ2) is 9.22. The van der Waals surface area contributed by atoms with Gasteiger partial charge in [-0.3, -0.25) is 14.4 Å². The van der Waals surface area contributed by atoms with Gasteiger partial charge in [0.2, 0.25) is 17.7 Å². The quantitative estimate of drug-likeness (QED) is 0.535. The molecule has 1 fully saturated rings. The number of nitrogens with zero attached hydrogens (tertiary/aromatic N) is 1. The third-order valence-corrected chi connectivity index (χ3v) is 3.99. The zero-order valence-electron chi connectivity index (χ0n) is 15.3. The van der Waals surface area contributed by atoms with Gasteiger partial charge in [0.05, 0.1) is 32.3 Å². The van der Waals surface area contributed by atoms with E-state index in [2.05, 4.69) is 15.4 Å². The molecule has 1 aromatic rings. The van der Waals surface area contributed by atoms with Gasteiger partial charge in [0.1, 0.15) is 6.04 Å². The average molecular weight is 413 g/mol. The van der Waals surface area contributed by atoms with Gasteiger partial charge in [-0.1, -0.05) is 12.1 Å². The average Bonchev–Trinajstić information content (AvgIpc) is 2.68. The first-order valence-corrected chi connectivity index (χ1v) is 8.38. The van der Waals surface area contributed by atoms with Crippen LogP contribution in [0.15, 0.2) is 30.3 Å². The molecular formula is C18H18F3N3O5. The molecule has 0 saturated carbocycles. The predicted octanol–water partition coefficient (Wildman–Crippen LogP) is 0.335. The number of benzene rings is 1. The van der Waals surface area contributed by atoms with Crippen LogP contribution in [-0.2, 0) is 30.1 Å². The second-order valence-electron chi connectivity index (χ2n) is 6.09. The number of nitrogens with one attached hydrogen (secondary N) is 2. The molecule has 0 aromatic heterocycles.